The van der Waals surface area contributed by atoms with Crippen LogP contribution in [0, 0.1) is 12.7 Å². The van der Waals surface area contributed by atoms with E-state index in [4.69, 9.17) is 4.74 Å². The lowest BCUT2D eigenvalue weighted by Crippen LogP contribution is -2.36. The van der Waals surface area contributed by atoms with Gasteiger partial charge in [-0.1, -0.05) is 18.2 Å². The summed E-state index contributed by atoms with van der Waals surface area (Å²) in [6.07, 6.45) is 1.47. The Hall–Kier alpha value is -3.17. The van der Waals surface area contributed by atoms with Crippen LogP contribution in [0.3, 0.4) is 0 Å². The van der Waals surface area contributed by atoms with E-state index in [2.05, 4.69) is 5.32 Å². The van der Waals surface area contributed by atoms with E-state index in [0.717, 1.165) is 22.2 Å². The molecule has 4 rings (SSSR count). The molecule has 0 atom stereocenters. The zero-order valence-electron chi connectivity index (χ0n) is 17.5. The van der Waals surface area contributed by atoms with Crippen LogP contribution >= 0.6 is 11.8 Å². The van der Waals surface area contributed by atoms with E-state index in [1.165, 1.54) is 12.1 Å². The number of hydrogen-bond acceptors (Lipinski definition) is 6. The van der Waals surface area contributed by atoms with Crippen LogP contribution in [0.4, 0.5) is 20.6 Å². The number of anilines is 2. The molecular weight excluding hydrogens is 433 g/mol. The number of aryl methyl sites for hydroxylation is 1. The number of thioether (sulfide) groups is 1. The highest BCUT2D eigenvalue weighted by atomic mass is 32.2. The zero-order valence-corrected chi connectivity index (χ0v) is 18.3. The summed E-state index contributed by atoms with van der Waals surface area (Å²) in [6, 6.07) is 11.9. The van der Waals surface area contributed by atoms with E-state index in [-0.39, 0.29) is 11.4 Å². The van der Waals surface area contributed by atoms with E-state index in [0.29, 0.717) is 43.2 Å². The van der Waals surface area contributed by atoms with E-state index >= 15 is 0 Å². The minimum Gasteiger partial charge on any atom is -0.378 e. The lowest BCUT2D eigenvalue weighted by atomic mass is 10.1. The molecule has 2 heterocycles. The van der Waals surface area contributed by atoms with Crippen LogP contribution in [0.1, 0.15) is 11.1 Å². The number of hydrogen-bond donors (Lipinski definition) is 1. The summed E-state index contributed by atoms with van der Waals surface area (Å²) >= 11 is 0.735. The predicted octanol–water partition coefficient (Wildman–Crippen LogP) is 3.65. The zero-order chi connectivity index (χ0) is 22.7. The second-order valence-corrected chi connectivity index (χ2v) is 8.49. The van der Waals surface area contributed by atoms with Crippen molar-refractivity contribution < 1.29 is 23.5 Å². The number of imide groups is 1. The molecule has 2 saturated heterocycles. The molecule has 2 aliphatic heterocycles. The Morgan fingerprint density at radius 3 is 2.69 bits per heavy atom. The molecule has 3 amide bonds. The van der Waals surface area contributed by atoms with Crippen molar-refractivity contribution in [2.24, 2.45) is 0 Å². The number of halogens is 1. The summed E-state index contributed by atoms with van der Waals surface area (Å²) in [5.74, 6) is -1.45. The fourth-order valence-corrected chi connectivity index (χ4v) is 4.37. The molecule has 166 valence electrons. The van der Waals surface area contributed by atoms with Gasteiger partial charge in [-0.2, -0.15) is 0 Å². The molecule has 0 radical (unpaired) electrons. The average Bonchev–Trinajstić information content (AvgIpc) is 3.02. The number of nitrogens with zero attached hydrogens (tertiary/aromatic N) is 2. The summed E-state index contributed by atoms with van der Waals surface area (Å²) in [4.78, 5) is 40.3. The standard InChI is InChI=1S/C23H22FN3O4S/c1-15-3-2-4-17(11-15)25-21(28)14-27-22(29)20(32-23(27)30)13-16-5-6-19(18(24)12-16)26-7-9-31-10-8-26/h2-6,11-13H,7-10,14H2,1H3,(H,25,28)/b20-13-. The molecule has 2 aromatic rings. The van der Waals surface area contributed by atoms with Crippen molar-refractivity contribution in [2.75, 3.05) is 43.1 Å². The van der Waals surface area contributed by atoms with Crippen LogP contribution in [0.25, 0.3) is 6.08 Å². The number of nitrogens with one attached hydrogen (secondary N) is 1. The molecule has 2 aliphatic rings. The molecule has 2 fully saturated rings. The molecule has 0 unspecified atom stereocenters. The highest BCUT2D eigenvalue weighted by Gasteiger charge is 2.36. The normalized spacial score (nSPS) is 17.9. The Bertz CT molecular complexity index is 1100. The average molecular weight is 456 g/mol. The third-order valence-electron chi connectivity index (χ3n) is 5.10. The monoisotopic (exact) mass is 455 g/mol. The van der Waals surface area contributed by atoms with Crippen molar-refractivity contribution in [3.8, 4) is 0 Å². The van der Waals surface area contributed by atoms with Crippen LogP contribution in [-0.4, -0.2) is 54.8 Å². The summed E-state index contributed by atoms with van der Waals surface area (Å²) in [5.41, 5.74) is 2.51. The van der Waals surface area contributed by atoms with Gasteiger partial charge in [0.2, 0.25) is 5.91 Å². The maximum atomic E-state index is 14.6. The van der Waals surface area contributed by atoms with Gasteiger partial charge in [0.25, 0.3) is 11.1 Å². The molecule has 1 N–H and O–H groups in total. The molecule has 0 saturated carbocycles. The quantitative estimate of drug-likeness (QED) is 0.694. The lowest BCUT2D eigenvalue weighted by molar-refractivity contribution is -0.127. The lowest BCUT2D eigenvalue weighted by Gasteiger charge is -2.29. The van der Waals surface area contributed by atoms with Gasteiger partial charge >= 0.3 is 0 Å². The fraction of sp³-hybridized carbons (Fsp3) is 0.261. The molecule has 0 bridgehead atoms. The topological polar surface area (TPSA) is 79.0 Å². The first-order valence-corrected chi connectivity index (χ1v) is 11.0. The molecule has 32 heavy (non-hydrogen) atoms. The summed E-state index contributed by atoms with van der Waals surface area (Å²) in [7, 11) is 0. The van der Waals surface area contributed by atoms with Gasteiger partial charge in [-0.05, 0) is 60.2 Å². The number of carbonyl (C=O) groups excluding carboxylic acids is 3. The van der Waals surface area contributed by atoms with E-state index < -0.39 is 22.9 Å². The Balaban J connectivity index is 1.43. The van der Waals surface area contributed by atoms with Gasteiger partial charge in [0.05, 0.1) is 23.8 Å². The van der Waals surface area contributed by atoms with Crippen molar-refractivity contribution in [1.82, 2.24) is 4.90 Å². The van der Waals surface area contributed by atoms with Gasteiger partial charge < -0.3 is 15.0 Å². The molecule has 2 aromatic carbocycles. The van der Waals surface area contributed by atoms with Gasteiger partial charge in [-0.15, -0.1) is 0 Å². The number of benzene rings is 2. The highest BCUT2D eigenvalue weighted by molar-refractivity contribution is 8.18. The van der Waals surface area contributed by atoms with Gasteiger partial charge in [0.1, 0.15) is 12.4 Å². The molecular formula is C23H22FN3O4S. The first kappa shape index (κ1) is 22.0. The number of ether oxygens (including phenoxy) is 1. The highest BCUT2D eigenvalue weighted by Crippen LogP contribution is 2.33. The van der Waals surface area contributed by atoms with Crippen molar-refractivity contribution in [3.63, 3.8) is 0 Å². The largest absolute Gasteiger partial charge is 0.378 e. The molecule has 0 spiro atoms. The molecule has 7 nitrogen and oxygen atoms in total. The second kappa shape index (κ2) is 9.54. The Morgan fingerprint density at radius 2 is 1.97 bits per heavy atom. The summed E-state index contributed by atoms with van der Waals surface area (Å²) < 4.78 is 19.9. The Labute approximate surface area is 189 Å². The smallest absolute Gasteiger partial charge is 0.294 e. The van der Waals surface area contributed by atoms with Crippen molar-refractivity contribution in [1.29, 1.82) is 0 Å². The molecule has 0 aromatic heterocycles. The van der Waals surface area contributed by atoms with E-state index in [9.17, 15) is 18.8 Å². The van der Waals surface area contributed by atoms with Crippen LogP contribution in [0.15, 0.2) is 47.4 Å². The van der Waals surface area contributed by atoms with E-state index in [1.807, 2.05) is 17.9 Å². The maximum Gasteiger partial charge on any atom is 0.294 e. The van der Waals surface area contributed by atoms with Crippen LogP contribution in [-0.2, 0) is 14.3 Å². The minimum absolute atomic E-state index is 0.150. The molecule has 0 aliphatic carbocycles. The number of amides is 3. The van der Waals surface area contributed by atoms with Crippen LogP contribution in [0.2, 0.25) is 0 Å². The Kier molecular flexibility index (Phi) is 6.57. The van der Waals surface area contributed by atoms with Gasteiger partial charge in [0.15, 0.2) is 0 Å². The van der Waals surface area contributed by atoms with Crippen LogP contribution < -0.4 is 10.2 Å². The van der Waals surface area contributed by atoms with Crippen molar-refractivity contribution >= 4 is 46.3 Å². The van der Waals surface area contributed by atoms with Gasteiger partial charge in [-0.3, -0.25) is 19.3 Å². The number of rotatable bonds is 5. The van der Waals surface area contributed by atoms with Gasteiger partial charge in [-0.25, -0.2) is 4.39 Å². The predicted molar refractivity (Wildman–Crippen MR) is 122 cm³/mol. The number of morpholine rings is 1. The SMILES string of the molecule is Cc1cccc(NC(=O)CN2C(=O)S/C(=C\c3ccc(N4CCOCC4)c(F)c3)C2=O)c1. The maximum absolute atomic E-state index is 14.6. The third kappa shape index (κ3) is 5.00. The third-order valence-corrected chi connectivity index (χ3v) is 6.01. The Morgan fingerprint density at radius 1 is 1.19 bits per heavy atom. The summed E-state index contributed by atoms with van der Waals surface area (Å²) in [5, 5.41) is 2.15. The first-order valence-electron chi connectivity index (χ1n) is 10.1. The number of carbonyl (C=O) groups is 3. The van der Waals surface area contributed by atoms with E-state index in [1.54, 1.807) is 30.3 Å². The van der Waals surface area contributed by atoms with Crippen molar-refractivity contribution in [2.45, 2.75) is 6.92 Å². The first-order chi connectivity index (χ1) is 15.4. The fourth-order valence-electron chi connectivity index (χ4n) is 3.53. The molecule has 9 heteroatoms. The van der Waals surface area contributed by atoms with Crippen molar-refractivity contribution in [3.05, 3.63) is 64.3 Å². The summed E-state index contributed by atoms with van der Waals surface area (Å²) in [6.45, 7) is 3.82. The van der Waals surface area contributed by atoms with Gasteiger partial charge in [0, 0.05) is 18.8 Å². The minimum atomic E-state index is -0.572. The second-order valence-electron chi connectivity index (χ2n) is 7.50. The van der Waals surface area contributed by atoms with Crippen LogP contribution in [0.5, 0.6) is 0 Å².